The van der Waals surface area contributed by atoms with Crippen LogP contribution in [0.1, 0.15) is 16.7 Å². The van der Waals surface area contributed by atoms with Crippen molar-refractivity contribution in [2.24, 2.45) is 4.99 Å². The van der Waals surface area contributed by atoms with Gasteiger partial charge < -0.3 is 14.2 Å². The maximum absolute atomic E-state index is 12.3. The highest BCUT2D eigenvalue weighted by molar-refractivity contribution is 9.10. The Kier molecular flexibility index (Phi) is 6.95. The van der Waals surface area contributed by atoms with E-state index in [0.29, 0.717) is 23.7 Å². The summed E-state index contributed by atoms with van der Waals surface area (Å²) in [6.45, 7) is 0.339. The predicted octanol–water partition coefficient (Wildman–Crippen LogP) is 5.94. The van der Waals surface area contributed by atoms with Crippen molar-refractivity contribution in [3.63, 3.8) is 0 Å². The molecule has 0 aliphatic carbocycles. The number of nitrogens with zero attached hydrogens (tertiary/aromatic N) is 2. The number of methoxy groups -OCH3 is 1. The van der Waals surface area contributed by atoms with Crippen molar-refractivity contribution in [3.05, 3.63) is 103 Å². The second-order valence-corrected chi connectivity index (χ2v) is 8.31. The molecule has 8 nitrogen and oxygen atoms in total. The summed E-state index contributed by atoms with van der Waals surface area (Å²) < 4.78 is 17.5. The Balaban J connectivity index is 1.57. The Hall–Kier alpha value is -3.69. The quantitative estimate of drug-likeness (QED) is 0.158. The molecule has 10 heteroatoms. The fraction of sp³-hybridized carbons (Fsp3) is 0.0833. The maximum Gasteiger partial charge on any atom is 0.363 e. The predicted molar refractivity (Wildman–Crippen MR) is 130 cm³/mol. The Morgan fingerprint density at radius 2 is 1.94 bits per heavy atom. The first-order chi connectivity index (χ1) is 16.4. The summed E-state index contributed by atoms with van der Waals surface area (Å²) in [4.78, 5) is 27.0. The molecule has 0 amide bonds. The van der Waals surface area contributed by atoms with E-state index < -0.39 is 10.9 Å². The molecule has 4 rings (SSSR count). The van der Waals surface area contributed by atoms with Crippen molar-refractivity contribution in [2.75, 3.05) is 7.11 Å². The van der Waals surface area contributed by atoms with E-state index in [4.69, 9.17) is 25.8 Å². The first kappa shape index (κ1) is 23.5. The van der Waals surface area contributed by atoms with Crippen LogP contribution in [-0.4, -0.2) is 23.9 Å². The number of hydrogen-bond acceptors (Lipinski definition) is 7. The molecule has 0 saturated heterocycles. The monoisotopic (exact) mass is 542 g/mol. The van der Waals surface area contributed by atoms with Gasteiger partial charge in [0.25, 0.3) is 5.69 Å². The Morgan fingerprint density at radius 1 is 1.15 bits per heavy atom. The number of nitro benzene ring substituents is 1. The topological polar surface area (TPSA) is 100 Å². The van der Waals surface area contributed by atoms with Gasteiger partial charge in [-0.2, -0.15) is 0 Å². The van der Waals surface area contributed by atoms with Gasteiger partial charge in [-0.05, 0) is 42.0 Å². The lowest BCUT2D eigenvalue weighted by atomic mass is 10.1. The summed E-state index contributed by atoms with van der Waals surface area (Å²) in [6, 6.07) is 17.0. The summed E-state index contributed by atoms with van der Waals surface area (Å²) >= 11 is 9.34. The fourth-order valence-electron chi connectivity index (χ4n) is 3.14. The Bertz CT molecular complexity index is 1360. The van der Waals surface area contributed by atoms with Gasteiger partial charge in [0, 0.05) is 21.7 Å². The van der Waals surface area contributed by atoms with Gasteiger partial charge in [0.15, 0.2) is 17.2 Å². The summed E-state index contributed by atoms with van der Waals surface area (Å²) in [5, 5.41) is 11.1. The van der Waals surface area contributed by atoms with E-state index in [2.05, 4.69) is 20.9 Å². The number of nitro groups is 1. The number of ether oxygens (including phenoxy) is 3. The number of hydrogen-bond donors (Lipinski definition) is 0. The van der Waals surface area contributed by atoms with Crippen molar-refractivity contribution in [1.82, 2.24) is 0 Å². The number of aliphatic imine (C=N–C) groups is 1. The average Bonchev–Trinajstić information content (AvgIpc) is 3.19. The Labute approximate surface area is 207 Å². The van der Waals surface area contributed by atoms with Gasteiger partial charge in [-0.15, -0.1) is 0 Å². The maximum atomic E-state index is 12.3. The number of carbonyl (C=O) groups excluding carboxylic acids is 1. The lowest BCUT2D eigenvalue weighted by molar-refractivity contribution is -0.384. The highest BCUT2D eigenvalue weighted by Crippen LogP contribution is 2.32. The van der Waals surface area contributed by atoms with Crippen molar-refractivity contribution in [1.29, 1.82) is 0 Å². The smallest absolute Gasteiger partial charge is 0.363 e. The second-order valence-electron chi connectivity index (χ2n) is 7.05. The molecule has 0 saturated carbocycles. The molecule has 172 valence electrons. The highest BCUT2D eigenvalue weighted by Gasteiger charge is 2.26. The zero-order chi connectivity index (χ0) is 24.2. The second kappa shape index (κ2) is 10.1. The fourth-order valence-corrected chi connectivity index (χ4v) is 3.73. The number of rotatable bonds is 7. The Morgan fingerprint density at radius 3 is 2.68 bits per heavy atom. The molecule has 0 unspecified atom stereocenters. The molecular formula is C24H16BrClN2O6. The molecule has 3 aromatic rings. The van der Waals surface area contributed by atoms with Crippen molar-refractivity contribution in [2.45, 2.75) is 6.61 Å². The van der Waals surface area contributed by atoms with Gasteiger partial charge in [0.1, 0.15) is 11.6 Å². The van der Waals surface area contributed by atoms with Gasteiger partial charge in [-0.3, -0.25) is 10.1 Å². The lowest BCUT2D eigenvalue weighted by Crippen LogP contribution is -2.06. The first-order valence-electron chi connectivity index (χ1n) is 9.87. The third-order valence-corrected chi connectivity index (χ3v) is 5.94. The lowest BCUT2D eigenvalue weighted by Gasteiger charge is -2.12. The molecule has 3 aromatic carbocycles. The average molecular weight is 544 g/mol. The van der Waals surface area contributed by atoms with Crippen molar-refractivity contribution in [3.8, 4) is 11.5 Å². The minimum absolute atomic E-state index is 0.0246. The minimum Gasteiger partial charge on any atom is -0.493 e. The molecule has 0 radical (unpaired) electrons. The number of halogens is 2. The van der Waals surface area contributed by atoms with Crippen LogP contribution in [0.3, 0.4) is 0 Å². The number of cyclic esters (lactones) is 1. The van der Waals surface area contributed by atoms with E-state index in [1.54, 1.807) is 18.2 Å². The normalized spacial score (nSPS) is 14.0. The highest BCUT2D eigenvalue weighted by atomic mass is 79.9. The van der Waals surface area contributed by atoms with Gasteiger partial charge in [-0.25, -0.2) is 9.79 Å². The number of carbonyl (C=O) groups is 1. The summed E-state index contributed by atoms with van der Waals surface area (Å²) in [5.41, 5.74) is 1.61. The molecule has 0 atom stereocenters. The molecule has 1 aliphatic rings. The molecule has 0 spiro atoms. The van der Waals surface area contributed by atoms with Crippen LogP contribution in [0, 0.1) is 10.1 Å². The minimum atomic E-state index is -0.680. The van der Waals surface area contributed by atoms with Gasteiger partial charge >= 0.3 is 5.97 Å². The molecule has 0 bridgehead atoms. The zero-order valence-electron chi connectivity index (χ0n) is 17.7. The molecule has 0 fully saturated rings. The molecular weight excluding hydrogens is 528 g/mol. The van der Waals surface area contributed by atoms with E-state index >= 15 is 0 Å². The van der Waals surface area contributed by atoms with E-state index in [1.807, 2.05) is 24.3 Å². The van der Waals surface area contributed by atoms with Crippen LogP contribution in [-0.2, 0) is 16.1 Å². The third kappa shape index (κ3) is 5.11. The third-order valence-electron chi connectivity index (χ3n) is 4.84. The van der Waals surface area contributed by atoms with Crippen LogP contribution >= 0.6 is 27.5 Å². The number of esters is 1. The van der Waals surface area contributed by atoms with E-state index in [1.165, 1.54) is 31.4 Å². The van der Waals surface area contributed by atoms with Crippen LogP contribution in [0.25, 0.3) is 6.08 Å². The summed E-state index contributed by atoms with van der Waals surface area (Å²) in [6.07, 6.45) is 1.53. The summed E-state index contributed by atoms with van der Waals surface area (Å²) in [5.74, 6) is 0.287. The molecule has 1 aliphatic heterocycles. The van der Waals surface area contributed by atoms with Crippen molar-refractivity contribution < 1.29 is 23.9 Å². The van der Waals surface area contributed by atoms with Gasteiger partial charge in [0.2, 0.25) is 5.90 Å². The van der Waals surface area contributed by atoms with E-state index in [9.17, 15) is 14.9 Å². The van der Waals surface area contributed by atoms with Crippen LogP contribution in [0.4, 0.5) is 5.69 Å². The standard InChI is InChI=1S/C24H16BrClN2O6/c1-32-22-11-14(6-9-21(22)33-13-16-4-2-3-5-17(16)25)10-19-24(29)34-23(27-19)15-7-8-18(26)20(12-15)28(30)31/h2-12H,13H2,1H3/b19-10-. The SMILES string of the molecule is COc1cc(/C=C2\N=C(c3ccc(Cl)c([N+](=O)[O-])c3)OC2=O)ccc1OCc1ccccc1Br. The van der Waals surface area contributed by atoms with Crippen LogP contribution in [0.2, 0.25) is 5.02 Å². The molecule has 0 aromatic heterocycles. The molecule has 34 heavy (non-hydrogen) atoms. The summed E-state index contributed by atoms with van der Waals surface area (Å²) in [7, 11) is 1.52. The van der Waals surface area contributed by atoms with Crippen molar-refractivity contribution >= 4 is 51.2 Å². The van der Waals surface area contributed by atoms with Crippen LogP contribution in [0.5, 0.6) is 11.5 Å². The zero-order valence-corrected chi connectivity index (χ0v) is 20.0. The van der Waals surface area contributed by atoms with Crippen LogP contribution in [0.15, 0.2) is 75.8 Å². The first-order valence-corrected chi connectivity index (χ1v) is 11.0. The van der Waals surface area contributed by atoms with E-state index in [0.717, 1.165) is 10.0 Å². The van der Waals surface area contributed by atoms with Crippen LogP contribution < -0.4 is 9.47 Å². The molecule has 0 N–H and O–H groups in total. The van der Waals surface area contributed by atoms with Gasteiger partial charge in [-0.1, -0.05) is 51.8 Å². The van der Waals surface area contributed by atoms with Gasteiger partial charge in [0.05, 0.1) is 12.0 Å². The molecule has 1 heterocycles. The number of benzene rings is 3. The van der Waals surface area contributed by atoms with E-state index in [-0.39, 0.29) is 27.9 Å². The largest absolute Gasteiger partial charge is 0.493 e.